The Labute approximate surface area is 133 Å². The SMILES string of the molecule is Cc1ccnc2nc(-c3nc(-c4ccccc4Br)no3)nn12. The quantitative estimate of drug-likeness (QED) is 0.549. The van der Waals surface area contributed by atoms with Gasteiger partial charge in [0.2, 0.25) is 11.6 Å². The molecule has 0 amide bonds. The summed E-state index contributed by atoms with van der Waals surface area (Å²) in [5.74, 6) is 1.59. The van der Waals surface area contributed by atoms with Gasteiger partial charge in [0.25, 0.3) is 11.7 Å². The highest BCUT2D eigenvalue weighted by atomic mass is 79.9. The van der Waals surface area contributed by atoms with Gasteiger partial charge in [-0.25, -0.2) is 9.50 Å². The Hall–Kier alpha value is -2.61. The minimum absolute atomic E-state index is 0.260. The van der Waals surface area contributed by atoms with Crippen molar-refractivity contribution in [2.45, 2.75) is 6.92 Å². The summed E-state index contributed by atoms with van der Waals surface area (Å²) < 4.78 is 7.81. The molecule has 0 N–H and O–H groups in total. The maximum absolute atomic E-state index is 5.28. The van der Waals surface area contributed by atoms with Crippen molar-refractivity contribution in [3.63, 3.8) is 0 Å². The topological polar surface area (TPSA) is 82.0 Å². The van der Waals surface area contributed by atoms with E-state index in [1.807, 2.05) is 37.3 Å². The molecule has 0 aliphatic rings. The second kappa shape index (κ2) is 4.99. The van der Waals surface area contributed by atoms with Crippen molar-refractivity contribution in [2.24, 2.45) is 0 Å². The number of halogens is 1. The highest BCUT2D eigenvalue weighted by molar-refractivity contribution is 9.10. The van der Waals surface area contributed by atoms with Crippen LogP contribution in [0, 0.1) is 6.92 Å². The van der Waals surface area contributed by atoms with E-state index < -0.39 is 0 Å². The van der Waals surface area contributed by atoms with Crippen LogP contribution in [0.2, 0.25) is 0 Å². The molecule has 0 aliphatic carbocycles. The van der Waals surface area contributed by atoms with Gasteiger partial charge >= 0.3 is 0 Å². The summed E-state index contributed by atoms with van der Waals surface area (Å²) in [4.78, 5) is 12.8. The van der Waals surface area contributed by atoms with Gasteiger partial charge in [0.1, 0.15) is 0 Å². The van der Waals surface area contributed by atoms with Gasteiger partial charge in [-0.2, -0.15) is 9.97 Å². The molecule has 7 nitrogen and oxygen atoms in total. The molecule has 8 heteroatoms. The van der Waals surface area contributed by atoms with Gasteiger partial charge in [0, 0.05) is 21.9 Å². The molecule has 108 valence electrons. The van der Waals surface area contributed by atoms with Crippen molar-refractivity contribution in [2.75, 3.05) is 0 Å². The summed E-state index contributed by atoms with van der Waals surface area (Å²) in [5.41, 5.74) is 1.77. The lowest BCUT2D eigenvalue weighted by Gasteiger charge is -1.96. The molecule has 0 saturated carbocycles. The fourth-order valence-electron chi connectivity index (χ4n) is 2.06. The van der Waals surface area contributed by atoms with Crippen LogP contribution in [0.15, 0.2) is 45.5 Å². The number of benzene rings is 1. The molecule has 0 bridgehead atoms. The second-order valence-corrected chi connectivity index (χ2v) is 5.49. The van der Waals surface area contributed by atoms with Crippen LogP contribution in [0.5, 0.6) is 0 Å². The maximum atomic E-state index is 5.28. The van der Waals surface area contributed by atoms with E-state index in [0.29, 0.717) is 17.4 Å². The van der Waals surface area contributed by atoms with Gasteiger partial charge in [-0.15, -0.1) is 5.10 Å². The molecule has 4 rings (SSSR count). The average Bonchev–Trinajstić information content (AvgIpc) is 3.14. The van der Waals surface area contributed by atoms with Crippen LogP contribution in [0.4, 0.5) is 0 Å². The molecule has 0 atom stereocenters. The second-order valence-electron chi connectivity index (χ2n) is 4.64. The zero-order valence-electron chi connectivity index (χ0n) is 11.4. The Morgan fingerprint density at radius 3 is 2.77 bits per heavy atom. The van der Waals surface area contributed by atoms with Gasteiger partial charge in [-0.3, -0.25) is 0 Å². The summed E-state index contributed by atoms with van der Waals surface area (Å²) >= 11 is 3.47. The smallest absolute Gasteiger partial charge is 0.297 e. The summed E-state index contributed by atoms with van der Waals surface area (Å²) in [7, 11) is 0. The molecular formula is C14H9BrN6O. The molecule has 0 radical (unpaired) electrons. The Morgan fingerprint density at radius 1 is 1.09 bits per heavy atom. The van der Waals surface area contributed by atoms with E-state index >= 15 is 0 Å². The van der Waals surface area contributed by atoms with Crippen LogP contribution in [0.3, 0.4) is 0 Å². The number of hydrogen-bond donors (Lipinski definition) is 0. The van der Waals surface area contributed by atoms with Crippen LogP contribution in [-0.4, -0.2) is 29.7 Å². The monoisotopic (exact) mass is 356 g/mol. The number of aryl methyl sites for hydroxylation is 1. The zero-order chi connectivity index (χ0) is 15.1. The number of nitrogens with zero attached hydrogens (tertiary/aromatic N) is 6. The van der Waals surface area contributed by atoms with Crippen LogP contribution in [-0.2, 0) is 0 Å². The fourth-order valence-corrected chi connectivity index (χ4v) is 2.53. The minimum Gasteiger partial charge on any atom is -0.330 e. The molecule has 3 heterocycles. The van der Waals surface area contributed by atoms with Crippen molar-refractivity contribution in [3.8, 4) is 23.1 Å². The molecule has 22 heavy (non-hydrogen) atoms. The fraction of sp³-hybridized carbons (Fsp3) is 0.0714. The van der Waals surface area contributed by atoms with E-state index in [-0.39, 0.29) is 5.89 Å². The molecule has 0 fully saturated rings. The Balaban J connectivity index is 1.80. The molecule has 0 saturated heterocycles. The maximum Gasteiger partial charge on any atom is 0.297 e. The van der Waals surface area contributed by atoms with E-state index in [9.17, 15) is 0 Å². The molecule has 0 aliphatic heterocycles. The van der Waals surface area contributed by atoms with Crippen LogP contribution >= 0.6 is 15.9 Å². The molecule has 4 aromatic rings. The van der Waals surface area contributed by atoms with Crippen molar-refractivity contribution < 1.29 is 4.52 Å². The van der Waals surface area contributed by atoms with Gasteiger partial charge in [0.15, 0.2) is 0 Å². The summed E-state index contributed by atoms with van der Waals surface area (Å²) in [6, 6.07) is 9.51. The number of hydrogen-bond acceptors (Lipinski definition) is 6. The standard InChI is InChI=1S/C14H9BrN6O/c1-8-6-7-16-14-18-12(19-21(8)14)13-17-11(20-22-13)9-4-2-3-5-10(9)15/h2-7H,1H3. The van der Waals surface area contributed by atoms with E-state index in [0.717, 1.165) is 15.7 Å². The first-order valence-corrected chi connectivity index (χ1v) is 7.29. The molecule has 0 spiro atoms. The number of aromatic nitrogens is 6. The predicted octanol–water partition coefficient (Wildman–Crippen LogP) is 2.91. The van der Waals surface area contributed by atoms with E-state index in [1.165, 1.54) is 0 Å². The average molecular weight is 357 g/mol. The first-order valence-electron chi connectivity index (χ1n) is 6.50. The van der Waals surface area contributed by atoms with E-state index in [1.54, 1.807) is 10.7 Å². The minimum atomic E-state index is 0.260. The van der Waals surface area contributed by atoms with Gasteiger partial charge in [0.05, 0.1) is 0 Å². The van der Waals surface area contributed by atoms with Crippen molar-refractivity contribution in [3.05, 3.63) is 46.7 Å². The first kappa shape index (κ1) is 13.1. The van der Waals surface area contributed by atoms with Gasteiger partial charge in [-0.1, -0.05) is 33.2 Å². The summed E-state index contributed by atoms with van der Waals surface area (Å²) in [6.45, 7) is 1.92. The third-order valence-corrected chi connectivity index (χ3v) is 3.85. The number of rotatable bonds is 2. The third-order valence-electron chi connectivity index (χ3n) is 3.16. The largest absolute Gasteiger partial charge is 0.330 e. The van der Waals surface area contributed by atoms with E-state index in [4.69, 9.17) is 4.52 Å². The predicted molar refractivity (Wildman–Crippen MR) is 81.9 cm³/mol. The van der Waals surface area contributed by atoms with Gasteiger partial charge in [-0.05, 0) is 25.1 Å². The Kier molecular flexibility index (Phi) is 2.97. The van der Waals surface area contributed by atoms with Crippen LogP contribution in [0.25, 0.3) is 28.9 Å². The lowest BCUT2D eigenvalue weighted by atomic mass is 10.2. The summed E-state index contributed by atoms with van der Waals surface area (Å²) in [5, 5.41) is 8.34. The van der Waals surface area contributed by atoms with Gasteiger partial charge < -0.3 is 4.52 Å². The highest BCUT2D eigenvalue weighted by Gasteiger charge is 2.17. The number of fused-ring (bicyclic) bond motifs is 1. The van der Waals surface area contributed by atoms with Crippen LogP contribution in [0.1, 0.15) is 5.69 Å². The third kappa shape index (κ3) is 2.08. The molecule has 3 aromatic heterocycles. The lowest BCUT2D eigenvalue weighted by Crippen LogP contribution is -1.94. The zero-order valence-corrected chi connectivity index (χ0v) is 13.0. The molecule has 0 unspecified atom stereocenters. The first-order chi connectivity index (χ1) is 10.7. The normalized spacial score (nSPS) is 11.2. The lowest BCUT2D eigenvalue weighted by molar-refractivity contribution is 0.429. The highest BCUT2D eigenvalue weighted by Crippen LogP contribution is 2.27. The van der Waals surface area contributed by atoms with Crippen molar-refractivity contribution in [1.29, 1.82) is 0 Å². The Morgan fingerprint density at radius 2 is 1.95 bits per heavy atom. The molecule has 1 aromatic carbocycles. The molecular weight excluding hydrogens is 348 g/mol. The van der Waals surface area contributed by atoms with Crippen molar-refractivity contribution >= 4 is 21.7 Å². The Bertz CT molecular complexity index is 976. The van der Waals surface area contributed by atoms with Crippen LogP contribution < -0.4 is 0 Å². The van der Waals surface area contributed by atoms with Crippen molar-refractivity contribution in [1.82, 2.24) is 29.7 Å². The van der Waals surface area contributed by atoms with E-state index in [2.05, 4.69) is 41.1 Å². The summed E-state index contributed by atoms with van der Waals surface area (Å²) in [6.07, 6.45) is 1.68.